The Bertz CT molecular complexity index is 3970. The Hall–Kier alpha value is -8.92. The molecule has 13 aromatic rings. The highest BCUT2D eigenvalue weighted by molar-refractivity contribution is 6.12. The summed E-state index contributed by atoms with van der Waals surface area (Å²) in [5.41, 5.74) is 17.7. The molecular formula is C64H42N2O. The van der Waals surface area contributed by atoms with E-state index in [1.807, 2.05) is 12.1 Å². The smallest absolute Gasteiger partial charge is 0.143 e. The summed E-state index contributed by atoms with van der Waals surface area (Å²) < 4.78 is 8.91. The molecule has 11 aromatic carbocycles. The fourth-order valence-corrected chi connectivity index (χ4v) is 10.3. The van der Waals surface area contributed by atoms with Gasteiger partial charge < -0.3 is 13.9 Å². The summed E-state index contributed by atoms with van der Waals surface area (Å²) in [6, 6.07) is 92.0. The molecule has 3 nitrogen and oxygen atoms in total. The molecule has 67 heavy (non-hydrogen) atoms. The van der Waals surface area contributed by atoms with Gasteiger partial charge in [-0.05, 0) is 105 Å². The zero-order valence-corrected chi connectivity index (χ0v) is 36.6. The lowest BCUT2D eigenvalue weighted by Gasteiger charge is -2.29. The number of rotatable bonds is 8. The predicted molar refractivity (Wildman–Crippen MR) is 282 cm³/mol. The zero-order valence-electron chi connectivity index (χ0n) is 36.6. The van der Waals surface area contributed by atoms with E-state index in [0.717, 1.165) is 72.5 Å². The maximum Gasteiger partial charge on any atom is 0.143 e. The van der Waals surface area contributed by atoms with E-state index in [1.54, 1.807) is 0 Å². The molecule has 0 fully saturated rings. The lowest BCUT2D eigenvalue weighted by atomic mass is 9.90. The van der Waals surface area contributed by atoms with Gasteiger partial charge in [0.05, 0.1) is 16.7 Å². The van der Waals surface area contributed by atoms with Gasteiger partial charge in [-0.1, -0.05) is 194 Å². The summed E-state index contributed by atoms with van der Waals surface area (Å²) in [7, 11) is 0. The largest absolute Gasteiger partial charge is 0.455 e. The summed E-state index contributed by atoms with van der Waals surface area (Å²) in [4.78, 5) is 2.42. The second-order valence-electron chi connectivity index (χ2n) is 17.2. The average molecular weight is 855 g/mol. The Morgan fingerprint density at radius 3 is 1.76 bits per heavy atom. The highest BCUT2D eigenvalue weighted by Crippen LogP contribution is 2.46. The van der Waals surface area contributed by atoms with Crippen LogP contribution in [0.1, 0.15) is 0 Å². The first-order valence-corrected chi connectivity index (χ1v) is 22.9. The molecule has 314 valence electrons. The Morgan fingerprint density at radius 2 is 0.910 bits per heavy atom. The number of furan rings is 1. The van der Waals surface area contributed by atoms with Crippen LogP contribution in [0.5, 0.6) is 0 Å². The number of benzene rings is 11. The van der Waals surface area contributed by atoms with Crippen molar-refractivity contribution in [1.29, 1.82) is 0 Å². The zero-order chi connectivity index (χ0) is 44.3. The number of hydrogen-bond acceptors (Lipinski definition) is 2. The standard InChI is InChI=1S/C64H42N2O/c1-3-17-43(18-4-1)51-28-14-19-45-20-15-30-57(63(45)51)54-26-8-10-32-59(54)65(49-38-35-44(36-39-49)52-29-16-31-58-56-27-9-12-34-62(56)67-64(52)58)50-24-13-21-46(41-50)47-37-40-55-53-25-7-11-33-60(53)66(61(55)42-47)48-22-5-2-6-23-48/h1-42H. The highest BCUT2D eigenvalue weighted by atomic mass is 16.3. The van der Waals surface area contributed by atoms with Crippen molar-refractivity contribution in [3.05, 3.63) is 255 Å². The number of hydrogen-bond donors (Lipinski definition) is 0. The summed E-state index contributed by atoms with van der Waals surface area (Å²) in [5.74, 6) is 0. The molecule has 0 atom stereocenters. The lowest BCUT2D eigenvalue weighted by Crippen LogP contribution is -2.11. The fraction of sp³-hybridized carbons (Fsp3) is 0. The second kappa shape index (κ2) is 16.0. The monoisotopic (exact) mass is 854 g/mol. The Labute approximate surface area is 388 Å². The van der Waals surface area contributed by atoms with Crippen LogP contribution in [0.2, 0.25) is 0 Å². The van der Waals surface area contributed by atoms with Crippen LogP contribution in [0.25, 0.3) is 105 Å². The second-order valence-corrected chi connectivity index (χ2v) is 17.2. The molecule has 0 aliphatic rings. The van der Waals surface area contributed by atoms with Crippen molar-refractivity contribution in [2.75, 3.05) is 4.90 Å². The molecule has 3 heteroatoms. The third-order valence-electron chi connectivity index (χ3n) is 13.4. The van der Waals surface area contributed by atoms with E-state index in [1.165, 1.54) is 49.3 Å². The van der Waals surface area contributed by atoms with Gasteiger partial charge in [-0.3, -0.25) is 0 Å². The molecule has 0 N–H and O–H groups in total. The Balaban J connectivity index is 1.000. The van der Waals surface area contributed by atoms with Crippen molar-refractivity contribution in [2.45, 2.75) is 0 Å². The molecule has 0 aliphatic carbocycles. The minimum Gasteiger partial charge on any atom is -0.455 e. The third kappa shape index (κ3) is 6.51. The van der Waals surface area contributed by atoms with E-state index in [2.05, 4.69) is 252 Å². The number of para-hydroxylation sites is 5. The van der Waals surface area contributed by atoms with Gasteiger partial charge in [-0.25, -0.2) is 0 Å². The minimum absolute atomic E-state index is 0.897. The SMILES string of the molecule is c1ccc(-c2cccc3cccc(-c4ccccc4N(c4ccc(-c5cccc6c5oc5ccccc56)cc4)c4cccc(-c5ccc6c7ccccc7n(-c7ccccc7)c6c5)c4)c23)cc1. The topological polar surface area (TPSA) is 21.3 Å². The fourth-order valence-electron chi connectivity index (χ4n) is 10.3. The van der Waals surface area contributed by atoms with Crippen LogP contribution in [0, 0.1) is 0 Å². The van der Waals surface area contributed by atoms with Crippen molar-refractivity contribution >= 4 is 71.6 Å². The van der Waals surface area contributed by atoms with E-state index in [4.69, 9.17) is 4.42 Å². The average Bonchev–Trinajstić information content (AvgIpc) is 3.95. The lowest BCUT2D eigenvalue weighted by molar-refractivity contribution is 0.670. The maximum atomic E-state index is 6.52. The van der Waals surface area contributed by atoms with Gasteiger partial charge in [0.2, 0.25) is 0 Å². The van der Waals surface area contributed by atoms with Gasteiger partial charge in [-0.15, -0.1) is 0 Å². The van der Waals surface area contributed by atoms with Gasteiger partial charge in [-0.2, -0.15) is 0 Å². The Morgan fingerprint density at radius 1 is 0.328 bits per heavy atom. The normalized spacial score (nSPS) is 11.6. The van der Waals surface area contributed by atoms with Crippen molar-refractivity contribution in [3.8, 4) is 50.2 Å². The predicted octanol–water partition coefficient (Wildman–Crippen LogP) is 18.0. The molecular weight excluding hydrogens is 813 g/mol. The summed E-state index contributed by atoms with van der Waals surface area (Å²) in [6.45, 7) is 0. The molecule has 0 spiro atoms. The molecule has 2 heterocycles. The summed E-state index contributed by atoms with van der Waals surface area (Å²) >= 11 is 0. The third-order valence-corrected chi connectivity index (χ3v) is 13.4. The van der Waals surface area contributed by atoms with Crippen LogP contribution < -0.4 is 4.90 Å². The summed E-state index contributed by atoms with van der Waals surface area (Å²) in [6.07, 6.45) is 0. The quantitative estimate of drug-likeness (QED) is 0.152. The van der Waals surface area contributed by atoms with Crippen LogP contribution in [0.4, 0.5) is 17.1 Å². The van der Waals surface area contributed by atoms with Crippen molar-refractivity contribution in [3.63, 3.8) is 0 Å². The van der Waals surface area contributed by atoms with E-state index < -0.39 is 0 Å². The van der Waals surface area contributed by atoms with Gasteiger partial charge in [0.15, 0.2) is 0 Å². The Kier molecular flexibility index (Phi) is 9.17. The van der Waals surface area contributed by atoms with Crippen molar-refractivity contribution in [1.82, 2.24) is 4.57 Å². The van der Waals surface area contributed by atoms with Crippen LogP contribution in [0.3, 0.4) is 0 Å². The first-order valence-electron chi connectivity index (χ1n) is 22.9. The van der Waals surface area contributed by atoms with Crippen LogP contribution in [0.15, 0.2) is 259 Å². The van der Waals surface area contributed by atoms with Crippen LogP contribution in [-0.4, -0.2) is 4.57 Å². The molecule has 0 unspecified atom stereocenters. The molecule has 0 saturated heterocycles. The van der Waals surface area contributed by atoms with Gasteiger partial charge >= 0.3 is 0 Å². The van der Waals surface area contributed by atoms with Gasteiger partial charge in [0, 0.05) is 49.7 Å². The molecule has 0 radical (unpaired) electrons. The number of nitrogens with zero attached hydrogens (tertiary/aromatic N) is 2. The molecule has 0 bridgehead atoms. The number of anilines is 3. The highest BCUT2D eigenvalue weighted by Gasteiger charge is 2.22. The molecule has 0 aliphatic heterocycles. The molecule has 0 amide bonds. The first kappa shape index (κ1) is 38.5. The molecule has 13 rings (SSSR count). The van der Waals surface area contributed by atoms with E-state index in [-0.39, 0.29) is 0 Å². The van der Waals surface area contributed by atoms with Crippen LogP contribution >= 0.6 is 0 Å². The molecule has 0 saturated carbocycles. The molecule has 2 aromatic heterocycles. The minimum atomic E-state index is 0.897. The maximum absolute atomic E-state index is 6.52. The first-order chi connectivity index (χ1) is 33.2. The summed E-state index contributed by atoms with van der Waals surface area (Å²) in [5, 5.41) is 7.16. The van der Waals surface area contributed by atoms with Gasteiger partial charge in [0.25, 0.3) is 0 Å². The van der Waals surface area contributed by atoms with E-state index >= 15 is 0 Å². The van der Waals surface area contributed by atoms with E-state index in [0.29, 0.717) is 0 Å². The number of fused-ring (bicyclic) bond motifs is 7. The van der Waals surface area contributed by atoms with Crippen molar-refractivity contribution < 1.29 is 4.42 Å². The van der Waals surface area contributed by atoms with Gasteiger partial charge in [0.1, 0.15) is 11.2 Å². The van der Waals surface area contributed by atoms with Crippen LogP contribution in [-0.2, 0) is 0 Å². The number of aromatic nitrogens is 1. The van der Waals surface area contributed by atoms with Crippen molar-refractivity contribution in [2.24, 2.45) is 0 Å². The van der Waals surface area contributed by atoms with E-state index in [9.17, 15) is 0 Å².